The molecule has 5 heteroatoms. The van der Waals surface area contributed by atoms with E-state index in [1.165, 1.54) is 11.1 Å². The lowest BCUT2D eigenvalue weighted by Gasteiger charge is -2.11. The predicted molar refractivity (Wildman–Crippen MR) is 89.3 cm³/mol. The van der Waals surface area contributed by atoms with Crippen LogP contribution in [0.3, 0.4) is 0 Å². The highest BCUT2D eigenvalue weighted by atomic mass is 79.9. The molecule has 0 unspecified atom stereocenters. The average molecular weight is 343 g/mol. The molecule has 3 rings (SSSR count). The van der Waals surface area contributed by atoms with Crippen molar-refractivity contribution >= 4 is 32.8 Å². The summed E-state index contributed by atoms with van der Waals surface area (Å²) >= 11 is 3.48. The molecule has 0 fully saturated rings. The third-order valence-corrected chi connectivity index (χ3v) is 4.17. The molecule has 0 aliphatic heterocycles. The number of nitrogens with zero attached hydrogens (tertiary/aromatic N) is 2. The van der Waals surface area contributed by atoms with Gasteiger partial charge in [0.25, 0.3) is 0 Å². The minimum Gasteiger partial charge on any atom is -0.384 e. The van der Waals surface area contributed by atoms with Gasteiger partial charge < -0.3 is 5.73 Å². The Morgan fingerprint density at radius 1 is 1.19 bits per heavy atom. The summed E-state index contributed by atoms with van der Waals surface area (Å²) in [6, 6.07) is 9.87. The Balaban J connectivity index is 2.33. The first-order valence-electron chi connectivity index (χ1n) is 6.56. The van der Waals surface area contributed by atoms with Crippen molar-refractivity contribution in [1.29, 1.82) is 5.41 Å². The molecule has 1 aromatic heterocycles. The van der Waals surface area contributed by atoms with E-state index in [2.05, 4.69) is 46.9 Å². The van der Waals surface area contributed by atoms with Crippen LogP contribution in [-0.4, -0.2) is 15.4 Å². The molecule has 21 heavy (non-hydrogen) atoms. The van der Waals surface area contributed by atoms with Gasteiger partial charge >= 0.3 is 0 Å². The summed E-state index contributed by atoms with van der Waals surface area (Å²) in [4.78, 5) is 4.46. The first-order valence-corrected chi connectivity index (χ1v) is 7.35. The van der Waals surface area contributed by atoms with Gasteiger partial charge in [-0.05, 0) is 55.3 Å². The molecule has 4 nitrogen and oxygen atoms in total. The third-order valence-electron chi connectivity index (χ3n) is 3.67. The summed E-state index contributed by atoms with van der Waals surface area (Å²) in [5.74, 6) is 0.0446. The molecule has 0 aliphatic carbocycles. The number of aromatic nitrogens is 2. The molecule has 0 saturated carbocycles. The van der Waals surface area contributed by atoms with Crippen molar-refractivity contribution in [3.8, 4) is 5.69 Å². The van der Waals surface area contributed by atoms with Crippen molar-refractivity contribution in [2.75, 3.05) is 0 Å². The van der Waals surface area contributed by atoms with Crippen LogP contribution in [0.15, 0.2) is 41.1 Å². The maximum Gasteiger partial charge on any atom is 0.124 e. The van der Waals surface area contributed by atoms with E-state index in [0.29, 0.717) is 5.56 Å². The molecule has 0 amide bonds. The zero-order valence-corrected chi connectivity index (χ0v) is 13.4. The second-order valence-electron chi connectivity index (χ2n) is 5.11. The van der Waals surface area contributed by atoms with Crippen molar-refractivity contribution in [3.63, 3.8) is 0 Å². The van der Waals surface area contributed by atoms with E-state index in [1.54, 1.807) is 6.33 Å². The number of nitrogens with two attached hydrogens (primary N) is 1. The van der Waals surface area contributed by atoms with Crippen LogP contribution in [0.4, 0.5) is 0 Å². The second-order valence-corrected chi connectivity index (χ2v) is 6.03. The topological polar surface area (TPSA) is 67.7 Å². The smallest absolute Gasteiger partial charge is 0.124 e. The van der Waals surface area contributed by atoms with E-state index in [9.17, 15) is 0 Å². The van der Waals surface area contributed by atoms with Crippen LogP contribution < -0.4 is 5.73 Å². The SMILES string of the molecule is Cc1cc2ncn(-c3cc(Br)ccc3C(=N)N)c2cc1C. The molecule has 2 aromatic carbocycles. The van der Waals surface area contributed by atoms with Crippen molar-refractivity contribution in [3.05, 3.63) is 57.8 Å². The van der Waals surface area contributed by atoms with E-state index in [1.807, 2.05) is 22.8 Å². The number of halogens is 1. The summed E-state index contributed by atoms with van der Waals surface area (Å²) in [5.41, 5.74) is 11.6. The molecule has 0 saturated heterocycles. The van der Waals surface area contributed by atoms with Crippen molar-refractivity contribution in [2.45, 2.75) is 13.8 Å². The lowest BCUT2D eigenvalue weighted by Crippen LogP contribution is -2.14. The molecule has 1 heterocycles. The number of benzene rings is 2. The molecule has 3 aromatic rings. The monoisotopic (exact) mass is 342 g/mol. The van der Waals surface area contributed by atoms with Gasteiger partial charge in [0.05, 0.1) is 16.7 Å². The van der Waals surface area contributed by atoms with Gasteiger partial charge in [0.2, 0.25) is 0 Å². The average Bonchev–Trinajstić information content (AvgIpc) is 2.81. The van der Waals surface area contributed by atoms with E-state index in [0.717, 1.165) is 21.2 Å². The maximum absolute atomic E-state index is 7.76. The minimum atomic E-state index is 0.0446. The highest BCUT2D eigenvalue weighted by Crippen LogP contribution is 2.26. The fraction of sp³-hybridized carbons (Fsp3) is 0.125. The first-order chi connectivity index (χ1) is 9.97. The van der Waals surface area contributed by atoms with Gasteiger partial charge in [0, 0.05) is 10.0 Å². The Labute approximate surface area is 131 Å². The Kier molecular flexibility index (Phi) is 3.29. The molecule has 0 atom stereocenters. The van der Waals surface area contributed by atoms with Gasteiger partial charge in [-0.15, -0.1) is 0 Å². The standard InChI is InChI=1S/C16H15BrN4/c1-9-5-13-15(6-10(9)2)21(8-20-13)14-7-11(17)3-4-12(14)16(18)19/h3-8H,1-2H3,(H3,18,19). The van der Waals surface area contributed by atoms with Crippen LogP contribution >= 0.6 is 15.9 Å². The van der Waals surface area contributed by atoms with Crippen LogP contribution in [0.25, 0.3) is 16.7 Å². The number of imidazole rings is 1. The quantitative estimate of drug-likeness (QED) is 0.550. The number of rotatable bonds is 2. The number of hydrogen-bond donors (Lipinski definition) is 2. The summed E-state index contributed by atoms with van der Waals surface area (Å²) in [6.45, 7) is 4.16. The fourth-order valence-electron chi connectivity index (χ4n) is 2.39. The highest BCUT2D eigenvalue weighted by Gasteiger charge is 2.12. The van der Waals surface area contributed by atoms with Crippen molar-refractivity contribution in [2.24, 2.45) is 5.73 Å². The van der Waals surface area contributed by atoms with Crippen LogP contribution in [0, 0.1) is 19.3 Å². The zero-order valence-electron chi connectivity index (χ0n) is 11.8. The molecule has 0 spiro atoms. The Morgan fingerprint density at radius 3 is 2.62 bits per heavy atom. The van der Waals surface area contributed by atoms with Crippen molar-refractivity contribution < 1.29 is 0 Å². The third kappa shape index (κ3) is 2.34. The lowest BCUT2D eigenvalue weighted by atomic mass is 10.1. The van der Waals surface area contributed by atoms with Gasteiger partial charge in [-0.2, -0.15) is 0 Å². The molecule has 0 aliphatic rings. The van der Waals surface area contributed by atoms with Crippen LogP contribution in [-0.2, 0) is 0 Å². The predicted octanol–water partition coefficient (Wildman–Crippen LogP) is 3.69. The van der Waals surface area contributed by atoms with Crippen LogP contribution in [0.5, 0.6) is 0 Å². The second kappa shape index (κ2) is 5.00. The summed E-state index contributed by atoms with van der Waals surface area (Å²) < 4.78 is 2.91. The van der Waals surface area contributed by atoms with Gasteiger partial charge in [-0.25, -0.2) is 4.98 Å². The summed E-state index contributed by atoms with van der Waals surface area (Å²) in [5, 5.41) is 7.76. The van der Waals surface area contributed by atoms with Crippen LogP contribution in [0.1, 0.15) is 16.7 Å². The van der Waals surface area contributed by atoms with Gasteiger partial charge in [0.1, 0.15) is 12.2 Å². The summed E-state index contributed by atoms with van der Waals surface area (Å²) in [6.07, 6.45) is 1.78. The van der Waals surface area contributed by atoms with Gasteiger partial charge in [-0.1, -0.05) is 15.9 Å². The maximum atomic E-state index is 7.76. The zero-order chi connectivity index (χ0) is 15.1. The number of nitrogen functional groups attached to an aromatic ring is 1. The number of nitrogens with one attached hydrogen (secondary N) is 1. The molecule has 0 radical (unpaired) electrons. The first kappa shape index (κ1) is 13.8. The molecule has 3 N–H and O–H groups in total. The normalized spacial score (nSPS) is 11.0. The lowest BCUT2D eigenvalue weighted by molar-refractivity contribution is 1.08. The summed E-state index contributed by atoms with van der Waals surface area (Å²) in [7, 11) is 0. The van der Waals surface area contributed by atoms with E-state index < -0.39 is 0 Å². The molecule has 0 bridgehead atoms. The number of fused-ring (bicyclic) bond motifs is 1. The van der Waals surface area contributed by atoms with E-state index in [-0.39, 0.29) is 5.84 Å². The van der Waals surface area contributed by atoms with Crippen LogP contribution in [0.2, 0.25) is 0 Å². The highest BCUT2D eigenvalue weighted by molar-refractivity contribution is 9.10. The largest absolute Gasteiger partial charge is 0.384 e. The number of aryl methyl sites for hydroxylation is 2. The number of hydrogen-bond acceptors (Lipinski definition) is 2. The Hall–Kier alpha value is -2.14. The van der Waals surface area contributed by atoms with E-state index >= 15 is 0 Å². The number of amidine groups is 1. The molecular formula is C16H15BrN4. The van der Waals surface area contributed by atoms with E-state index in [4.69, 9.17) is 11.1 Å². The molecule has 106 valence electrons. The Bertz CT molecular complexity index is 864. The van der Waals surface area contributed by atoms with Crippen molar-refractivity contribution in [1.82, 2.24) is 9.55 Å². The minimum absolute atomic E-state index is 0.0446. The molecular weight excluding hydrogens is 328 g/mol. The fourth-order valence-corrected chi connectivity index (χ4v) is 2.74. The van der Waals surface area contributed by atoms with Gasteiger partial charge in [-0.3, -0.25) is 9.98 Å². The van der Waals surface area contributed by atoms with Gasteiger partial charge in [0.15, 0.2) is 0 Å². The Morgan fingerprint density at radius 2 is 1.90 bits per heavy atom.